The highest BCUT2D eigenvalue weighted by atomic mass is 32.2. The first-order valence-corrected chi connectivity index (χ1v) is 8.37. The third-order valence-electron chi connectivity index (χ3n) is 3.71. The topological polar surface area (TPSA) is 9.23 Å². The molecule has 1 spiro atoms. The van der Waals surface area contributed by atoms with E-state index in [4.69, 9.17) is 4.74 Å². The minimum absolute atomic E-state index is 0.241. The highest BCUT2D eigenvalue weighted by Crippen LogP contribution is 2.56. The number of hydrogen-bond acceptors (Lipinski definition) is 3. The quantitative estimate of drug-likeness (QED) is 0.712. The summed E-state index contributed by atoms with van der Waals surface area (Å²) in [6.07, 6.45) is 5.68. The van der Waals surface area contributed by atoms with Crippen LogP contribution in [0.2, 0.25) is 0 Å². The maximum atomic E-state index is 5.92. The number of ether oxygens (including phenoxy) is 1. The molecule has 2 aliphatic rings. The Morgan fingerprint density at radius 3 is 2.71 bits per heavy atom. The Hall–Kier alpha value is 0.140. The predicted octanol–water partition coefficient (Wildman–Crippen LogP) is 4.11. The Bertz CT molecular complexity index is 295. The molecule has 96 valence electrons. The molecule has 0 aromatic rings. The fourth-order valence-electron chi connectivity index (χ4n) is 2.76. The van der Waals surface area contributed by atoms with Crippen molar-refractivity contribution in [3.05, 3.63) is 24.8 Å². The van der Waals surface area contributed by atoms with E-state index in [1.54, 1.807) is 0 Å². The van der Waals surface area contributed by atoms with Crippen LogP contribution in [0.1, 0.15) is 26.2 Å². The summed E-state index contributed by atoms with van der Waals surface area (Å²) < 4.78 is 6.33. The van der Waals surface area contributed by atoms with Gasteiger partial charge in [0, 0.05) is 17.9 Å². The molecule has 2 rings (SSSR count). The number of hydrogen-bond donors (Lipinski definition) is 0. The van der Waals surface area contributed by atoms with Gasteiger partial charge in [-0.05, 0) is 24.3 Å². The summed E-state index contributed by atoms with van der Waals surface area (Å²) in [4.78, 5) is 0. The summed E-state index contributed by atoms with van der Waals surface area (Å²) in [6.45, 7) is 10.9. The summed E-state index contributed by atoms with van der Waals surface area (Å²) >= 11 is 4.28. The van der Waals surface area contributed by atoms with Gasteiger partial charge < -0.3 is 4.74 Å². The zero-order valence-electron chi connectivity index (χ0n) is 10.6. The standard InChI is InChI=1S/C14H22OS2/c1-4-6-15-13-10-14(16-7-8-17-14)9-12(5-2)11(13)3/h4,12-13H,1,3,5-10H2,2H3. The van der Waals surface area contributed by atoms with Gasteiger partial charge in [0.1, 0.15) is 0 Å². The van der Waals surface area contributed by atoms with Crippen molar-refractivity contribution in [1.82, 2.24) is 0 Å². The Morgan fingerprint density at radius 2 is 2.12 bits per heavy atom. The van der Waals surface area contributed by atoms with E-state index in [0.29, 0.717) is 16.6 Å². The van der Waals surface area contributed by atoms with Gasteiger partial charge in [0.15, 0.2) is 0 Å². The Morgan fingerprint density at radius 1 is 1.41 bits per heavy atom. The molecule has 3 heteroatoms. The Balaban J connectivity index is 2.08. The molecule has 2 atom stereocenters. The molecule has 0 aromatic carbocycles. The molecule has 1 saturated carbocycles. The zero-order valence-corrected chi connectivity index (χ0v) is 12.2. The van der Waals surface area contributed by atoms with Gasteiger partial charge in [-0.25, -0.2) is 0 Å². The molecule has 17 heavy (non-hydrogen) atoms. The largest absolute Gasteiger partial charge is 0.370 e. The lowest BCUT2D eigenvalue weighted by Gasteiger charge is -2.42. The Labute approximate surface area is 113 Å². The lowest BCUT2D eigenvalue weighted by Crippen LogP contribution is -2.38. The van der Waals surface area contributed by atoms with E-state index >= 15 is 0 Å². The molecule has 0 N–H and O–H groups in total. The molecular weight excluding hydrogens is 248 g/mol. The number of thioether (sulfide) groups is 2. The summed E-state index contributed by atoms with van der Waals surface area (Å²) in [5, 5.41) is 0. The maximum Gasteiger partial charge on any atom is 0.0810 e. The first kappa shape index (κ1) is 13.6. The minimum atomic E-state index is 0.241. The molecule has 1 aliphatic heterocycles. The van der Waals surface area contributed by atoms with E-state index in [-0.39, 0.29) is 6.10 Å². The van der Waals surface area contributed by atoms with Gasteiger partial charge in [-0.15, -0.1) is 30.1 Å². The molecule has 1 saturated heterocycles. The predicted molar refractivity (Wildman–Crippen MR) is 79.7 cm³/mol. The van der Waals surface area contributed by atoms with Crippen LogP contribution in [-0.4, -0.2) is 28.3 Å². The molecule has 0 bridgehead atoms. The van der Waals surface area contributed by atoms with Gasteiger partial charge >= 0.3 is 0 Å². The minimum Gasteiger partial charge on any atom is -0.370 e. The van der Waals surface area contributed by atoms with Gasteiger partial charge in [-0.3, -0.25) is 0 Å². The molecule has 1 nitrogen and oxygen atoms in total. The molecular formula is C14H22OS2. The maximum absolute atomic E-state index is 5.92. The molecule has 0 amide bonds. The van der Waals surface area contributed by atoms with Crippen LogP contribution < -0.4 is 0 Å². The summed E-state index contributed by atoms with van der Waals surface area (Å²) in [6, 6.07) is 0. The van der Waals surface area contributed by atoms with Crippen molar-refractivity contribution in [1.29, 1.82) is 0 Å². The fourth-order valence-corrected chi connectivity index (χ4v) is 6.18. The average molecular weight is 270 g/mol. The molecule has 1 aliphatic carbocycles. The van der Waals surface area contributed by atoms with Gasteiger partial charge in [0.05, 0.1) is 16.8 Å². The van der Waals surface area contributed by atoms with Crippen molar-refractivity contribution in [3.63, 3.8) is 0 Å². The third kappa shape index (κ3) is 2.94. The van der Waals surface area contributed by atoms with Gasteiger partial charge in [-0.1, -0.05) is 19.6 Å². The van der Waals surface area contributed by atoms with Gasteiger partial charge in [0.25, 0.3) is 0 Å². The highest BCUT2D eigenvalue weighted by Gasteiger charge is 2.45. The van der Waals surface area contributed by atoms with E-state index in [1.165, 1.54) is 29.9 Å². The highest BCUT2D eigenvalue weighted by molar-refractivity contribution is 8.21. The van der Waals surface area contributed by atoms with Crippen LogP contribution >= 0.6 is 23.5 Å². The first-order chi connectivity index (χ1) is 8.21. The van der Waals surface area contributed by atoms with E-state index in [1.807, 2.05) is 6.08 Å². The van der Waals surface area contributed by atoms with E-state index < -0.39 is 0 Å². The van der Waals surface area contributed by atoms with Crippen LogP contribution in [-0.2, 0) is 4.74 Å². The SMILES string of the molecule is C=CCOC1CC2(CC(CC)C1=C)SCCS2. The van der Waals surface area contributed by atoms with Crippen LogP contribution in [0.4, 0.5) is 0 Å². The molecule has 2 fully saturated rings. The van der Waals surface area contributed by atoms with Crippen molar-refractivity contribution in [2.24, 2.45) is 5.92 Å². The third-order valence-corrected chi connectivity index (χ3v) is 7.21. The monoisotopic (exact) mass is 270 g/mol. The fraction of sp³-hybridized carbons (Fsp3) is 0.714. The van der Waals surface area contributed by atoms with Crippen LogP contribution in [0, 0.1) is 5.92 Å². The van der Waals surface area contributed by atoms with Crippen LogP contribution in [0.3, 0.4) is 0 Å². The molecule has 2 unspecified atom stereocenters. The molecule has 1 heterocycles. The summed E-state index contributed by atoms with van der Waals surface area (Å²) in [5.41, 5.74) is 1.31. The van der Waals surface area contributed by atoms with Crippen LogP contribution in [0.5, 0.6) is 0 Å². The normalized spacial score (nSPS) is 31.9. The zero-order chi connectivity index (χ0) is 12.3. The van der Waals surface area contributed by atoms with Crippen molar-refractivity contribution in [2.45, 2.75) is 36.4 Å². The van der Waals surface area contributed by atoms with Crippen LogP contribution in [0.25, 0.3) is 0 Å². The second kappa shape index (κ2) is 5.85. The number of rotatable bonds is 4. The second-order valence-corrected chi connectivity index (χ2v) is 8.02. The summed E-state index contributed by atoms with van der Waals surface area (Å²) in [5.74, 6) is 3.22. The van der Waals surface area contributed by atoms with Crippen molar-refractivity contribution < 1.29 is 4.74 Å². The van der Waals surface area contributed by atoms with Gasteiger partial charge in [-0.2, -0.15) is 0 Å². The van der Waals surface area contributed by atoms with Crippen LogP contribution in [0.15, 0.2) is 24.8 Å². The van der Waals surface area contributed by atoms with E-state index in [9.17, 15) is 0 Å². The van der Waals surface area contributed by atoms with Gasteiger partial charge in [0.2, 0.25) is 0 Å². The summed E-state index contributed by atoms with van der Waals surface area (Å²) in [7, 11) is 0. The Kier molecular flexibility index (Phi) is 4.67. The van der Waals surface area contributed by atoms with Crippen molar-refractivity contribution >= 4 is 23.5 Å². The van der Waals surface area contributed by atoms with Crippen molar-refractivity contribution in [3.8, 4) is 0 Å². The second-order valence-electron chi connectivity index (χ2n) is 4.81. The average Bonchev–Trinajstić information content (AvgIpc) is 2.78. The molecule has 0 aromatic heterocycles. The van der Waals surface area contributed by atoms with E-state index in [0.717, 1.165) is 6.42 Å². The lowest BCUT2D eigenvalue weighted by atomic mass is 9.81. The van der Waals surface area contributed by atoms with Crippen molar-refractivity contribution in [2.75, 3.05) is 18.1 Å². The lowest BCUT2D eigenvalue weighted by molar-refractivity contribution is 0.0701. The van der Waals surface area contributed by atoms with E-state index in [2.05, 4.69) is 43.6 Å². The molecule has 0 radical (unpaired) electrons. The smallest absolute Gasteiger partial charge is 0.0810 e. The first-order valence-electron chi connectivity index (χ1n) is 6.40.